The summed E-state index contributed by atoms with van der Waals surface area (Å²) in [6, 6.07) is 5.08. The maximum absolute atomic E-state index is 12.6. The number of benzene rings is 1. The quantitative estimate of drug-likeness (QED) is 0.724. The first-order valence-corrected chi connectivity index (χ1v) is 10.5. The number of unbranched alkanes of at least 4 members (excludes halogenated alkanes) is 1. The molecular formula is C20H23N3O4S. The molecule has 1 aromatic carbocycles. The first-order valence-electron chi connectivity index (χ1n) is 9.64. The van der Waals surface area contributed by atoms with Gasteiger partial charge in [-0.3, -0.25) is 14.9 Å². The average molecular weight is 401 g/mol. The molecule has 8 heteroatoms. The Kier molecular flexibility index (Phi) is 5.47. The smallest absolute Gasteiger partial charge is 0.257 e. The zero-order valence-corrected chi connectivity index (χ0v) is 16.6. The average Bonchev–Trinajstić information content (AvgIpc) is 3.33. The van der Waals surface area contributed by atoms with Crippen LogP contribution in [-0.4, -0.2) is 30.1 Å². The van der Waals surface area contributed by atoms with Gasteiger partial charge in [-0.05, 0) is 43.9 Å². The van der Waals surface area contributed by atoms with E-state index < -0.39 is 0 Å². The van der Waals surface area contributed by atoms with Gasteiger partial charge in [0.05, 0.1) is 11.6 Å². The minimum absolute atomic E-state index is 0.0355. The first kappa shape index (κ1) is 18.7. The molecule has 28 heavy (non-hydrogen) atoms. The van der Waals surface area contributed by atoms with Gasteiger partial charge in [-0.2, -0.15) is 0 Å². The van der Waals surface area contributed by atoms with Gasteiger partial charge in [-0.25, -0.2) is 4.98 Å². The molecule has 0 bridgehead atoms. The van der Waals surface area contributed by atoms with Crippen LogP contribution >= 0.6 is 11.3 Å². The van der Waals surface area contributed by atoms with E-state index in [0.717, 1.165) is 42.7 Å². The number of carbonyl (C=O) groups excluding carboxylic acids is 2. The normalized spacial score (nSPS) is 17.1. The Morgan fingerprint density at radius 2 is 2.14 bits per heavy atom. The molecule has 148 valence electrons. The van der Waals surface area contributed by atoms with Gasteiger partial charge in [0.15, 0.2) is 16.6 Å². The summed E-state index contributed by atoms with van der Waals surface area (Å²) in [6.45, 7) is 2.96. The summed E-state index contributed by atoms with van der Waals surface area (Å²) in [7, 11) is 0. The van der Waals surface area contributed by atoms with E-state index in [0.29, 0.717) is 28.7 Å². The zero-order chi connectivity index (χ0) is 19.5. The van der Waals surface area contributed by atoms with Crippen LogP contribution in [0.3, 0.4) is 0 Å². The predicted octanol–water partition coefficient (Wildman–Crippen LogP) is 3.46. The van der Waals surface area contributed by atoms with Crippen LogP contribution in [0, 0.1) is 0 Å². The van der Waals surface area contributed by atoms with Crippen LogP contribution in [0.15, 0.2) is 18.2 Å². The molecule has 2 aliphatic rings. The summed E-state index contributed by atoms with van der Waals surface area (Å²) < 4.78 is 10.6. The predicted molar refractivity (Wildman–Crippen MR) is 106 cm³/mol. The van der Waals surface area contributed by atoms with Crippen LogP contribution in [0.25, 0.3) is 0 Å². The number of ether oxygens (including phenoxy) is 2. The van der Waals surface area contributed by atoms with Crippen molar-refractivity contribution in [3.05, 3.63) is 34.3 Å². The summed E-state index contributed by atoms with van der Waals surface area (Å²) >= 11 is 1.45. The molecule has 0 fully saturated rings. The summed E-state index contributed by atoms with van der Waals surface area (Å²) in [4.78, 5) is 30.8. The number of nitrogens with zero attached hydrogens (tertiary/aromatic N) is 1. The number of amides is 2. The number of hydrogen-bond donors (Lipinski definition) is 2. The Balaban J connectivity index is 1.46. The van der Waals surface area contributed by atoms with Gasteiger partial charge in [0.2, 0.25) is 12.7 Å². The Hall–Kier alpha value is -2.61. The molecule has 2 aromatic rings. The number of rotatable bonds is 6. The Morgan fingerprint density at radius 3 is 3.00 bits per heavy atom. The van der Waals surface area contributed by atoms with Crippen molar-refractivity contribution >= 4 is 28.3 Å². The van der Waals surface area contributed by atoms with Crippen molar-refractivity contribution in [2.24, 2.45) is 0 Å². The second kappa shape index (κ2) is 8.18. The van der Waals surface area contributed by atoms with Crippen molar-refractivity contribution in [2.45, 2.75) is 44.9 Å². The molecule has 0 saturated carbocycles. The number of hydrogen-bond acceptors (Lipinski definition) is 6. The van der Waals surface area contributed by atoms with Crippen molar-refractivity contribution < 1.29 is 19.1 Å². The van der Waals surface area contributed by atoms with Crippen molar-refractivity contribution in [2.75, 3.05) is 18.7 Å². The standard InChI is InChI=1S/C20H23N3O4S/c1-2-3-9-21-19(25)13-5-4-6-16-17(13)22-20(28-16)23-18(24)12-7-8-14-15(10-12)27-11-26-14/h7-8,10,13H,2-6,9,11H2,1H3,(H,21,25)(H,22,23,24). The number of fused-ring (bicyclic) bond motifs is 2. The topological polar surface area (TPSA) is 89.6 Å². The van der Waals surface area contributed by atoms with Crippen LogP contribution in [-0.2, 0) is 11.2 Å². The van der Waals surface area contributed by atoms with Crippen LogP contribution in [0.2, 0.25) is 0 Å². The number of thiazole rings is 1. The largest absolute Gasteiger partial charge is 0.454 e. The third kappa shape index (κ3) is 3.82. The fraction of sp³-hybridized carbons (Fsp3) is 0.450. The van der Waals surface area contributed by atoms with Crippen LogP contribution < -0.4 is 20.1 Å². The van der Waals surface area contributed by atoms with E-state index in [1.54, 1.807) is 18.2 Å². The second-order valence-corrected chi connectivity index (χ2v) is 8.02. The summed E-state index contributed by atoms with van der Waals surface area (Å²) in [6.07, 6.45) is 4.66. The van der Waals surface area contributed by atoms with Gasteiger partial charge >= 0.3 is 0 Å². The molecule has 2 heterocycles. The van der Waals surface area contributed by atoms with Crippen LogP contribution in [0.5, 0.6) is 11.5 Å². The van der Waals surface area contributed by atoms with Gasteiger partial charge in [-0.15, -0.1) is 11.3 Å². The Morgan fingerprint density at radius 1 is 1.29 bits per heavy atom. The van der Waals surface area contributed by atoms with E-state index in [4.69, 9.17) is 9.47 Å². The van der Waals surface area contributed by atoms with Gasteiger partial charge in [0.25, 0.3) is 5.91 Å². The third-order valence-electron chi connectivity index (χ3n) is 4.96. The van der Waals surface area contributed by atoms with Crippen LogP contribution in [0.4, 0.5) is 5.13 Å². The van der Waals surface area contributed by atoms with Gasteiger partial charge in [0.1, 0.15) is 0 Å². The van der Waals surface area contributed by atoms with E-state index in [1.807, 2.05) is 0 Å². The second-order valence-electron chi connectivity index (χ2n) is 6.94. The lowest BCUT2D eigenvalue weighted by molar-refractivity contribution is -0.122. The van der Waals surface area contributed by atoms with Gasteiger partial charge in [-0.1, -0.05) is 13.3 Å². The summed E-state index contributed by atoms with van der Waals surface area (Å²) in [5.41, 5.74) is 1.29. The van der Waals surface area contributed by atoms with Gasteiger partial charge < -0.3 is 14.8 Å². The van der Waals surface area contributed by atoms with Crippen molar-refractivity contribution in [3.63, 3.8) is 0 Å². The van der Waals surface area contributed by atoms with Crippen LogP contribution in [0.1, 0.15) is 59.5 Å². The van der Waals surface area contributed by atoms with E-state index in [-0.39, 0.29) is 24.5 Å². The fourth-order valence-electron chi connectivity index (χ4n) is 3.45. The lowest BCUT2D eigenvalue weighted by Crippen LogP contribution is -2.32. The molecule has 7 nitrogen and oxygen atoms in total. The molecule has 4 rings (SSSR count). The number of aromatic nitrogens is 1. The highest BCUT2D eigenvalue weighted by molar-refractivity contribution is 7.16. The minimum atomic E-state index is -0.256. The zero-order valence-electron chi connectivity index (χ0n) is 15.7. The van der Waals surface area contributed by atoms with E-state index in [1.165, 1.54) is 11.3 Å². The van der Waals surface area contributed by atoms with Crippen molar-refractivity contribution in [1.82, 2.24) is 10.3 Å². The number of nitrogens with one attached hydrogen (secondary N) is 2. The third-order valence-corrected chi connectivity index (χ3v) is 6.00. The summed E-state index contributed by atoms with van der Waals surface area (Å²) in [5.74, 6) is 0.753. The Labute approximate surface area is 167 Å². The molecule has 1 atom stereocenters. The monoisotopic (exact) mass is 401 g/mol. The minimum Gasteiger partial charge on any atom is -0.454 e. The SMILES string of the molecule is CCCCNC(=O)C1CCCc2sc(NC(=O)c3ccc4c(c3)OCO4)nc21. The molecule has 2 N–H and O–H groups in total. The molecule has 2 amide bonds. The number of aryl methyl sites for hydroxylation is 1. The lowest BCUT2D eigenvalue weighted by atomic mass is 9.90. The molecule has 0 saturated heterocycles. The molecule has 0 radical (unpaired) electrons. The molecule has 0 spiro atoms. The molecule has 1 unspecified atom stereocenters. The van der Waals surface area contributed by atoms with Crippen molar-refractivity contribution in [3.8, 4) is 11.5 Å². The highest BCUT2D eigenvalue weighted by atomic mass is 32.1. The van der Waals surface area contributed by atoms with E-state index in [2.05, 4.69) is 22.5 Å². The maximum atomic E-state index is 12.6. The number of carbonyl (C=O) groups is 2. The highest BCUT2D eigenvalue weighted by Crippen LogP contribution is 2.37. The maximum Gasteiger partial charge on any atom is 0.257 e. The molecule has 1 aliphatic heterocycles. The molecule has 1 aromatic heterocycles. The molecule has 1 aliphatic carbocycles. The number of anilines is 1. The highest BCUT2D eigenvalue weighted by Gasteiger charge is 2.30. The Bertz CT molecular complexity index is 896. The first-order chi connectivity index (χ1) is 13.7. The van der Waals surface area contributed by atoms with E-state index in [9.17, 15) is 9.59 Å². The summed E-state index contributed by atoms with van der Waals surface area (Å²) in [5, 5.41) is 6.39. The fourth-order valence-corrected chi connectivity index (χ4v) is 4.51. The molecular weight excluding hydrogens is 378 g/mol. The van der Waals surface area contributed by atoms with Gasteiger partial charge in [0, 0.05) is 17.0 Å². The lowest BCUT2D eigenvalue weighted by Gasteiger charge is -2.20. The van der Waals surface area contributed by atoms with E-state index >= 15 is 0 Å². The van der Waals surface area contributed by atoms with Crippen molar-refractivity contribution in [1.29, 1.82) is 0 Å².